The largest absolute Gasteiger partial charge is 0.313 e. The molecule has 1 unspecified atom stereocenters. The summed E-state index contributed by atoms with van der Waals surface area (Å²) in [6, 6.07) is 8.38. The maximum atomic E-state index is 6.06. The fraction of sp³-hybridized carbons (Fsp3) is 0.400. The van der Waals surface area contributed by atoms with Crippen LogP contribution in [0.1, 0.15) is 23.7 Å². The first-order valence-electron chi connectivity index (χ1n) is 6.67. The molecule has 0 aliphatic heterocycles. The van der Waals surface area contributed by atoms with Crippen LogP contribution in [0, 0.1) is 0 Å². The summed E-state index contributed by atoms with van der Waals surface area (Å²) in [5, 5.41) is 6.25. The molecule has 2 rings (SSSR count). The lowest BCUT2D eigenvalue weighted by molar-refractivity contribution is 0.301. The zero-order chi connectivity index (χ0) is 14.4. The molecule has 0 aliphatic carbocycles. The SMILES string of the molecule is CNC(CCN(C)Cc1cscn1)c1cccc(Cl)c1. The Bertz CT molecular complexity index is 516. The summed E-state index contributed by atoms with van der Waals surface area (Å²) in [6.07, 6.45) is 1.04. The molecule has 1 aromatic heterocycles. The van der Waals surface area contributed by atoms with Crippen LogP contribution in [-0.4, -0.2) is 30.5 Å². The van der Waals surface area contributed by atoms with E-state index >= 15 is 0 Å². The molecule has 1 aromatic carbocycles. The van der Waals surface area contributed by atoms with Crippen molar-refractivity contribution in [1.82, 2.24) is 15.2 Å². The number of halogens is 1. The highest BCUT2D eigenvalue weighted by Crippen LogP contribution is 2.20. The Hall–Kier alpha value is -0.940. The highest BCUT2D eigenvalue weighted by Gasteiger charge is 2.11. The second-order valence-corrected chi connectivity index (χ2v) is 6.06. The van der Waals surface area contributed by atoms with E-state index in [4.69, 9.17) is 11.6 Å². The molecule has 0 spiro atoms. The van der Waals surface area contributed by atoms with Crippen molar-refractivity contribution in [3.05, 3.63) is 51.4 Å². The molecule has 2 aromatic rings. The fourth-order valence-electron chi connectivity index (χ4n) is 2.22. The molecule has 0 radical (unpaired) electrons. The molecule has 108 valence electrons. The number of hydrogen-bond donors (Lipinski definition) is 1. The Balaban J connectivity index is 1.87. The number of hydrogen-bond acceptors (Lipinski definition) is 4. The van der Waals surface area contributed by atoms with Crippen molar-refractivity contribution in [3.8, 4) is 0 Å². The van der Waals surface area contributed by atoms with Gasteiger partial charge in [-0.25, -0.2) is 4.98 Å². The van der Waals surface area contributed by atoms with Gasteiger partial charge in [-0.3, -0.25) is 0 Å². The molecule has 5 heteroatoms. The van der Waals surface area contributed by atoms with E-state index < -0.39 is 0 Å². The highest BCUT2D eigenvalue weighted by molar-refractivity contribution is 7.07. The van der Waals surface area contributed by atoms with E-state index in [1.807, 2.05) is 30.8 Å². The van der Waals surface area contributed by atoms with Crippen molar-refractivity contribution in [2.75, 3.05) is 20.6 Å². The standard InChI is InChI=1S/C15H20ClN3S/c1-17-15(12-4-3-5-13(16)8-12)6-7-19(2)9-14-10-20-11-18-14/h3-5,8,10-11,15,17H,6-7,9H2,1-2H3. The predicted molar refractivity (Wildman–Crippen MR) is 86.3 cm³/mol. The molecule has 0 fully saturated rings. The molecule has 0 aliphatic rings. The van der Waals surface area contributed by atoms with E-state index in [1.54, 1.807) is 11.3 Å². The van der Waals surface area contributed by atoms with Gasteiger partial charge < -0.3 is 10.2 Å². The van der Waals surface area contributed by atoms with Gasteiger partial charge in [0.05, 0.1) is 11.2 Å². The zero-order valence-corrected chi connectivity index (χ0v) is 13.4. The molecule has 1 heterocycles. The number of thiazole rings is 1. The Labute approximate surface area is 129 Å². The van der Waals surface area contributed by atoms with Gasteiger partial charge in [0.25, 0.3) is 0 Å². The highest BCUT2D eigenvalue weighted by atomic mass is 35.5. The summed E-state index contributed by atoms with van der Waals surface area (Å²) in [7, 11) is 4.12. The molecular formula is C15H20ClN3S. The van der Waals surface area contributed by atoms with Gasteiger partial charge in [0.1, 0.15) is 0 Å². The topological polar surface area (TPSA) is 28.2 Å². The van der Waals surface area contributed by atoms with Gasteiger partial charge in [0, 0.05) is 29.5 Å². The van der Waals surface area contributed by atoms with E-state index in [0.717, 1.165) is 30.2 Å². The summed E-state index contributed by atoms with van der Waals surface area (Å²) in [4.78, 5) is 6.61. The maximum absolute atomic E-state index is 6.06. The van der Waals surface area contributed by atoms with Crippen molar-refractivity contribution >= 4 is 22.9 Å². The van der Waals surface area contributed by atoms with Gasteiger partial charge in [0.2, 0.25) is 0 Å². The maximum Gasteiger partial charge on any atom is 0.0795 e. The van der Waals surface area contributed by atoms with Gasteiger partial charge >= 0.3 is 0 Å². The quantitative estimate of drug-likeness (QED) is 0.847. The lowest BCUT2D eigenvalue weighted by atomic mass is 10.0. The summed E-state index contributed by atoms with van der Waals surface area (Å²) >= 11 is 7.70. The second kappa shape index (κ2) is 7.74. The van der Waals surface area contributed by atoms with Gasteiger partial charge in [-0.05, 0) is 38.2 Å². The minimum absolute atomic E-state index is 0.326. The molecule has 3 nitrogen and oxygen atoms in total. The average molecular weight is 310 g/mol. The number of rotatable bonds is 7. The minimum Gasteiger partial charge on any atom is -0.313 e. The van der Waals surface area contributed by atoms with Crippen molar-refractivity contribution in [1.29, 1.82) is 0 Å². The summed E-state index contributed by atoms with van der Waals surface area (Å²) < 4.78 is 0. The lowest BCUT2D eigenvalue weighted by Gasteiger charge is -2.21. The van der Waals surface area contributed by atoms with Crippen molar-refractivity contribution in [3.63, 3.8) is 0 Å². The zero-order valence-electron chi connectivity index (χ0n) is 11.8. The van der Waals surface area contributed by atoms with Crippen molar-refractivity contribution in [2.45, 2.75) is 19.0 Å². The molecule has 0 amide bonds. The molecule has 0 bridgehead atoms. The predicted octanol–water partition coefficient (Wildman–Crippen LogP) is 3.58. The van der Waals surface area contributed by atoms with E-state index in [1.165, 1.54) is 5.56 Å². The summed E-state index contributed by atoms with van der Waals surface area (Å²) in [5.74, 6) is 0. The third-order valence-corrected chi connectivity index (χ3v) is 4.18. The minimum atomic E-state index is 0.326. The smallest absolute Gasteiger partial charge is 0.0795 e. The number of benzene rings is 1. The molecule has 20 heavy (non-hydrogen) atoms. The van der Waals surface area contributed by atoms with Crippen LogP contribution in [0.2, 0.25) is 5.02 Å². The van der Waals surface area contributed by atoms with E-state index in [2.05, 4.69) is 33.7 Å². The normalized spacial score (nSPS) is 12.8. The van der Waals surface area contributed by atoms with E-state index in [-0.39, 0.29) is 0 Å². The first-order chi connectivity index (χ1) is 9.69. The molecular weight excluding hydrogens is 290 g/mol. The fourth-order valence-corrected chi connectivity index (χ4v) is 2.97. The lowest BCUT2D eigenvalue weighted by Crippen LogP contribution is -2.25. The number of nitrogens with one attached hydrogen (secondary N) is 1. The third kappa shape index (κ3) is 4.56. The Morgan fingerprint density at radius 3 is 2.95 bits per heavy atom. The van der Waals surface area contributed by atoms with Crippen LogP contribution in [0.5, 0.6) is 0 Å². The van der Waals surface area contributed by atoms with Gasteiger partial charge in [-0.1, -0.05) is 23.7 Å². The first kappa shape index (κ1) is 15.4. The molecule has 1 N–H and O–H groups in total. The molecule has 0 saturated heterocycles. The van der Waals surface area contributed by atoms with Crippen LogP contribution in [0.3, 0.4) is 0 Å². The van der Waals surface area contributed by atoms with Crippen molar-refractivity contribution in [2.24, 2.45) is 0 Å². The monoisotopic (exact) mass is 309 g/mol. The van der Waals surface area contributed by atoms with Crippen LogP contribution in [-0.2, 0) is 6.54 Å². The number of nitrogens with zero attached hydrogens (tertiary/aromatic N) is 2. The van der Waals surface area contributed by atoms with Crippen LogP contribution in [0.25, 0.3) is 0 Å². The van der Waals surface area contributed by atoms with E-state index in [9.17, 15) is 0 Å². The second-order valence-electron chi connectivity index (χ2n) is 4.90. The Kier molecular flexibility index (Phi) is 5.98. The van der Waals surface area contributed by atoms with Crippen LogP contribution in [0.4, 0.5) is 0 Å². The van der Waals surface area contributed by atoms with E-state index in [0.29, 0.717) is 6.04 Å². The summed E-state index contributed by atoms with van der Waals surface area (Å²) in [5.41, 5.74) is 4.26. The molecule has 0 saturated carbocycles. The Morgan fingerprint density at radius 1 is 1.45 bits per heavy atom. The first-order valence-corrected chi connectivity index (χ1v) is 7.99. The Morgan fingerprint density at radius 2 is 2.30 bits per heavy atom. The summed E-state index contributed by atoms with van der Waals surface area (Å²) in [6.45, 7) is 1.91. The van der Waals surface area contributed by atoms with Crippen molar-refractivity contribution < 1.29 is 0 Å². The third-order valence-electron chi connectivity index (χ3n) is 3.31. The molecule has 1 atom stereocenters. The average Bonchev–Trinajstić information content (AvgIpc) is 2.92. The van der Waals surface area contributed by atoms with Crippen LogP contribution < -0.4 is 5.32 Å². The van der Waals surface area contributed by atoms with Gasteiger partial charge in [-0.2, -0.15) is 0 Å². The number of aromatic nitrogens is 1. The van der Waals surface area contributed by atoms with Crippen LogP contribution >= 0.6 is 22.9 Å². The van der Waals surface area contributed by atoms with Crippen LogP contribution in [0.15, 0.2) is 35.2 Å². The van der Waals surface area contributed by atoms with Gasteiger partial charge in [-0.15, -0.1) is 11.3 Å². The van der Waals surface area contributed by atoms with Gasteiger partial charge in [0.15, 0.2) is 0 Å².